The number of nitrogens with zero attached hydrogens (tertiary/aromatic N) is 2. The Bertz CT molecular complexity index is 505. The summed E-state index contributed by atoms with van der Waals surface area (Å²) in [4.78, 5) is 17.7. The maximum atomic E-state index is 11.1. The first-order chi connectivity index (χ1) is 9.31. The molecule has 0 aliphatic carbocycles. The smallest absolute Gasteiger partial charge is 0.243 e. The van der Waals surface area contributed by atoms with Gasteiger partial charge in [0.2, 0.25) is 5.91 Å². The lowest BCUT2D eigenvalue weighted by Crippen LogP contribution is -2.34. The first-order valence-corrected chi connectivity index (χ1v) is 6.24. The van der Waals surface area contributed by atoms with Gasteiger partial charge < -0.3 is 10.2 Å². The third-order valence-corrected chi connectivity index (χ3v) is 2.85. The summed E-state index contributed by atoms with van der Waals surface area (Å²) in [5.41, 5.74) is 2.03. The molecule has 0 spiro atoms. The molecule has 0 atom stereocenters. The molecule has 1 aromatic rings. The van der Waals surface area contributed by atoms with Crippen LogP contribution in [0, 0.1) is 0 Å². The zero-order valence-corrected chi connectivity index (χ0v) is 10.7. The Kier molecular flexibility index (Phi) is 4.50. The lowest BCUT2D eigenvalue weighted by atomic mass is 10.2. The van der Waals surface area contributed by atoms with E-state index in [4.69, 9.17) is 0 Å². The molecule has 0 saturated carbocycles. The fourth-order valence-corrected chi connectivity index (χ4v) is 1.91. The normalized spacial score (nSPS) is 13.9. The molecule has 0 saturated heterocycles. The van der Waals surface area contributed by atoms with Gasteiger partial charge in [0.05, 0.1) is 11.4 Å². The van der Waals surface area contributed by atoms with Crippen molar-refractivity contribution in [1.29, 1.82) is 0 Å². The highest BCUT2D eigenvalue weighted by atomic mass is 16.1. The number of rotatable bonds is 5. The molecule has 98 valence electrons. The van der Waals surface area contributed by atoms with Crippen molar-refractivity contribution in [2.45, 2.75) is 0 Å². The van der Waals surface area contributed by atoms with E-state index in [1.807, 2.05) is 30.4 Å². The molecule has 1 N–H and O–H groups in total. The number of carbonyl (C=O) groups excluding carboxylic acids is 1. The van der Waals surface area contributed by atoms with Crippen molar-refractivity contribution >= 4 is 11.6 Å². The molecule has 0 bridgehead atoms. The zero-order valence-electron chi connectivity index (χ0n) is 10.7. The van der Waals surface area contributed by atoms with Crippen LogP contribution in [0.15, 0.2) is 55.3 Å². The van der Waals surface area contributed by atoms with E-state index in [2.05, 4.69) is 27.9 Å². The Morgan fingerprint density at radius 1 is 1.53 bits per heavy atom. The molecule has 4 heteroatoms. The minimum Gasteiger partial charge on any atom is -0.364 e. The molecule has 1 aliphatic heterocycles. The van der Waals surface area contributed by atoms with Gasteiger partial charge in [-0.05, 0) is 24.3 Å². The van der Waals surface area contributed by atoms with Crippen molar-refractivity contribution in [3.8, 4) is 0 Å². The lowest BCUT2D eigenvalue weighted by molar-refractivity contribution is -0.116. The third-order valence-electron chi connectivity index (χ3n) is 2.85. The first kappa shape index (κ1) is 13.1. The van der Waals surface area contributed by atoms with Crippen LogP contribution in [0.4, 0.5) is 0 Å². The minimum absolute atomic E-state index is 0.143. The molecule has 1 aromatic heterocycles. The van der Waals surface area contributed by atoms with Gasteiger partial charge in [0.1, 0.15) is 0 Å². The van der Waals surface area contributed by atoms with E-state index in [1.54, 1.807) is 6.20 Å². The van der Waals surface area contributed by atoms with Crippen LogP contribution in [0.5, 0.6) is 0 Å². The van der Waals surface area contributed by atoms with Crippen molar-refractivity contribution in [2.75, 3.05) is 19.6 Å². The van der Waals surface area contributed by atoms with Gasteiger partial charge in [-0.2, -0.15) is 0 Å². The van der Waals surface area contributed by atoms with Crippen LogP contribution in [0.2, 0.25) is 0 Å². The highest BCUT2D eigenvalue weighted by molar-refractivity contribution is 5.86. The van der Waals surface area contributed by atoms with Gasteiger partial charge in [0.15, 0.2) is 0 Å². The molecule has 0 radical (unpaired) electrons. The number of aromatic nitrogens is 1. The summed E-state index contributed by atoms with van der Waals surface area (Å²) in [5, 5.41) is 2.78. The van der Waals surface area contributed by atoms with Gasteiger partial charge in [0, 0.05) is 25.8 Å². The Labute approximate surface area is 113 Å². The molecule has 2 heterocycles. The van der Waals surface area contributed by atoms with Gasteiger partial charge in [0.25, 0.3) is 0 Å². The number of nitrogens with one attached hydrogen (secondary N) is 1. The van der Waals surface area contributed by atoms with Crippen molar-refractivity contribution in [2.24, 2.45) is 0 Å². The largest absolute Gasteiger partial charge is 0.364 e. The van der Waals surface area contributed by atoms with E-state index in [-0.39, 0.29) is 5.91 Å². The third kappa shape index (κ3) is 3.55. The van der Waals surface area contributed by atoms with Crippen molar-refractivity contribution in [3.05, 3.63) is 61.0 Å². The number of amides is 1. The summed E-state index contributed by atoms with van der Waals surface area (Å²) in [7, 11) is 0. The molecule has 0 unspecified atom stereocenters. The number of allylic oxidation sites excluding steroid dienone is 2. The zero-order chi connectivity index (χ0) is 13.5. The van der Waals surface area contributed by atoms with Gasteiger partial charge >= 0.3 is 0 Å². The van der Waals surface area contributed by atoms with Crippen molar-refractivity contribution < 1.29 is 4.79 Å². The second-order valence-corrected chi connectivity index (χ2v) is 4.14. The Hall–Kier alpha value is -2.36. The maximum absolute atomic E-state index is 11.1. The van der Waals surface area contributed by atoms with Crippen LogP contribution in [-0.2, 0) is 4.79 Å². The number of pyridine rings is 1. The average molecular weight is 255 g/mol. The lowest BCUT2D eigenvalue weighted by Gasteiger charge is -2.27. The molecule has 0 aromatic carbocycles. The Balaban J connectivity index is 2.00. The molecule has 1 aliphatic rings. The second kappa shape index (κ2) is 6.54. The van der Waals surface area contributed by atoms with Gasteiger partial charge in [-0.25, -0.2) is 0 Å². The van der Waals surface area contributed by atoms with Gasteiger partial charge in [-0.15, -0.1) is 0 Å². The van der Waals surface area contributed by atoms with Crippen molar-refractivity contribution in [1.82, 2.24) is 15.2 Å². The molecule has 1 amide bonds. The fraction of sp³-hybridized carbons (Fsp3) is 0.200. The number of hydrogen-bond donors (Lipinski definition) is 1. The summed E-state index contributed by atoms with van der Waals surface area (Å²) in [6, 6.07) is 5.86. The molecule has 4 nitrogen and oxygen atoms in total. The van der Waals surface area contributed by atoms with Crippen LogP contribution >= 0.6 is 0 Å². The van der Waals surface area contributed by atoms with E-state index in [0.29, 0.717) is 6.54 Å². The fourth-order valence-electron chi connectivity index (χ4n) is 1.91. The van der Waals surface area contributed by atoms with E-state index in [1.165, 1.54) is 6.08 Å². The quantitative estimate of drug-likeness (QED) is 0.813. The summed E-state index contributed by atoms with van der Waals surface area (Å²) in [5.74, 6) is -0.143. The predicted octanol–water partition coefficient (Wildman–Crippen LogP) is 1.60. The summed E-state index contributed by atoms with van der Waals surface area (Å²) in [6.45, 7) is 5.58. The molecule has 2 rings (SSSR count). The highest BCUT2D eigenvalue weighted by Crippen LogP contribution is 2.19. The Morgan fingerprint density at radius 3 is 3.16 bits per heavy atom. The topological polar surface area (TPSA) is 45.2 Å². The van der Waals surface area contributed by atoms with E-state index >= 15 is 0 Å². The Morgan fingerprint density at radius 2 is 2.42 bits per heavy atom. The first-order valence-electron chi connectivity index (χ1n) is 6.24. The molecular formula is C15H17N3O. The monoisotopic (exact) mass is 255 g/mol. The van der Waals surface area contributed by atoms with Crippen molar-refractivity contribution in [3.63, 3.8) is 0 Å². The molecular weight excluding hydrogens is 238 g/mol. The number of carbonyl (C=O) groups is 1. The van der Waals surface area contributed by atoms with E-state index < -0.39 is 0 Å². The predicted molar refractivity (Wildman–Crippen MR) is 76.1 cm³/mol. The van der Waals surface area contributed by atoms with Crippen LogP contribution in [-0.4, -0.2) is 35.4 Å². The molecule has 19 heavy (non-hydrogen) atoms. The minimum atomic E-state index is -0.143. The van der Waals surface area contributed by atoms with Crippen LogP contribution in [0.3, 0.4) is 0 Å². The van der Waals surface area contributed by atoms with E-state index in [0.717, 1.165) is 24.5 Å². The summed E-state index contributed by atoms with van der Waals surface area (Å²) >= 11 is 0. The van der Waals surface area contributed by atoms with E-state index in [9.17, 15) is 4.79 Å². The highest BCUT2D eigenvalue weighted by Gasteiger charge is 2.13. The van der Waals surface area contributed by atoms with Crippen LogP contribution < -0.4 is 5.32 Å². The van der Waals surface area contributed by atoms with Crippen LogP contribution in [0.25, 0.3) is 5.70 Å². The average Bonchev–Trinajstić information content (AvgIpc) is 2.48. The summed E-state index contributed by atoms with van der Waals surface area (Å²) < 4.78 is 0. The SMILES string of the molecule is C=CC(=O)NCCN1CC=CC=C1c1ccccn1. The molecule has 0 fully saturated rings. The second-order valence-electron chi connectivity index (χ2n) is 4.14. The summed E-state index contributed by atoms with van der Waals surface area (Å²) in [6.07, 6.45) is 9.23. The van der Waals surface area contributed by atoms with Gasteiger partial charge in [-0.3, -0.25) is 9.78 Å². The van der Waals surface area contributed by atoms with Gasteiger partial charge in [-0.1, -0.05) is 24.8 Å². The number of hydrogen-bond acceptors (Lipinski definition) is 3. The standard InChI is InChI=1S/C15H17N3O/c1-2-15(19)17-10-12-18-11-6-4-8-14(18)13-7-3-5-9-16-13/h2-9H,1,10-12H2,(H,17,19). The van der Waals surface area contributed by atoms with Crippen LogP contribution in [0.1, 0.15) is 5.69 Å². The maximum Gasteiger partial charge on any atom is 0.243 e.